The van der Waals surface area contributed by atoms with Gasteiger partial charge in [-0.25, -0.2) is 8.42 Å². The highest BCUT2D eigenvalue weighted by Crippen LogP contribution is 2.11. The van der Waals surface area contributed by atoms with Gasteiger partial charge in [0.15, 0.2) is 9.84 Å². The summed E-state index contributed by atoms with van der Waals surface area (Å²) in [6.45, 7) is 3.96. The zero-order chi connectivity index (χ0) is 14.5. The second-order valence-electron chi connectivity index (χ2n) is 4.50. The highest BCUT2D eigenvalue weighted by molar-refractivity contribution is 7.92. The second-order valence-corrected chi connectivity index (χ2v) is 6.49. The number of carbonyl (C=O) groups excluding carboxylic acids is 1. The first kappa shape index (κ1) is 15.7. The van der Waals surface area contributed by atoms with Gasteiger partial charge in [-0.2, -0.15) is 0 Å². The standard InChI is InChI=1S/C13H19NO4S/c1-10-4-6-12(7-5-10)19(16,17)9-13(15)14-11(2)8-18-3/h4-7,11H,8-9H2,1-3H3,(H,14,15). The van der Waals surface area contributed by atoms with Crippen molar-refractivity contribution in [2.45, 2.75) is 24.8 Å². The molecule has 0 aliphatic heterocycles. The van der Waals surface area contributed by atoms with Gasteiger partial charge in [-0.05, 0) is 26.0 Å². The quantitative estimate of drug-likeness (QED) is 0.843. The molecule has 1 rings (SSSR count). The summed E-state index contributed by atoms with van der Waals surface area (Å²) in [7, 11) is -2.07. The average molecular weight is 285 g/mol. The van der Waals surface area contributed by atoms with Gasteiger partial charge in [0.2, 0.25) is 5.91 Å². The average Bonchev–Trinajstić information content (AvgIpc) is 2.28. The van der Waals surface area contributed by atoms with Crippen LogP contribution in [0.2, 0.25) is 0 Å². The number of rotatable bonds is 6. The van der Waals surface area contributed by atoms with Gasteiger partial charge in [-0.3, -0.25) is 4.79 Å². The largest absolute Gasteiger partial charge is 0.383 e. The topological polar surface area (TPSA) is 72.5 Å². The lowest BCUT2D eigenvalue weighted by Gasteiger charge is -2.12. The van der Waals surface area contributed by atoms with Gasteiger partial charge < -0.3 is 10.1 Å². The first-order valence-corrected chi connectivity index (χ1v) is 7.58. The first-order chi connectivity index (χ1) is 8.85. The molecule has 6 heteroatoms. The van der Waals surface area contributed by atoms with Crippen LogP contribution < -0.4 is 5.32 Å². The molecule has 1 aromatic rings. The molecule has 0 spiro atoms. The highest BCUT2D eigenvalue weighted by atomic mass is 32.2. The Morgan fingerprint density at radius 3 is 2.42 bits per heavy atom. The van der Waals surface area contributed by atoms with Crippen molar-refractivity contribution in [2.24, 2.45) is 0 Å². The Morgan fingerprint density at radius 1 is 1.32 bits per heavy atom. The lowest BCUT2D eigenvalue weighted by molar-refractivity contribution is -0.119. The molecule has 1 N–H and O–H groups in total. The normalized spacial score (nSPS) is 13.0. The van der Waals surface area contributed by atoms with Crippen molar-refractivity contribution in [1.29, 1.82) is 0 Å². The summed E-state index contributed by atoms with van der Waals surface area (Å²) in [6.07, 6.45) is 0. The number of ether oxygens (including phenoxy) is 1. The number of sulfone groups is 1. The Labute approximate surface area is 113 Å². The summed E-state index contributed by atoms with van der Waals surface area (Å²) in [5, 5.41) is 2.57. The zero-order valence-electron chi connectivity index (χ0n) is 11.3. The molecule has 1 amide bonds. The number of carbonyl (C=O) groups is 1. The van der Waals surface area contributed by atoms with Gasteiger partial charge in [-0.15, -0.1) is 0 Å². The maximum Gasteiger partial charge on any atom is 0.235 e. The van der Waals surface area contributed by atoms with E-state index in [-0.39, 0.29) is 10.9 Å². The van der Waals surface area contributed by atoms with Gasteiger partial charge in [-0.1, -0.05) is 17.7 Å². The van der Waals surface area contributed by atoms with E-state index in [9.17, 15) is 13.2 Å². The van der Waals surface area contributed by atoms with E-state index in [0.29, 0.717) is 6.61 Å². The fraction of sp³-hybridized carbons (Fsp3) is 0.462. The predicted octanol–water partition coefficient (Wildman–Crippen LogP) is 0.920. The molecular weight excluding hydrogens is 266 g/mol. The van der Waals surface area contributed by atoms with Crippen molar-refractivity contribution in [3.05, 3.63) is 29.8 Å². The van der Waals surface area contributed by atoms with Crippen LogP contribution in [0.4, 0.5) is 0 Å². The molecule has 19 heavy (non-hydrogen) atoms. The third kappa shape index (κ3) is 5.00. The van der Waals surface area contributed by atoms with Gasteiger partial charge in [0, 0.05) is 13.2 Å². The van der Waals surface area contributed by atoms with Crippen molar-refractivity contribution in [3.63, 3.8) is 0 Å². The first-order valence-electron chi connectivity index (χ1n) is 5.93. The number of amides is 1. The van der Waals surface area contributed by atoms with Crippen molar-refractivity contribution in [1.82, 2.24) is 5.32 Å². The molecule has 0 saturated carbocycles. The minimum absolute atomic E-state index is 0.160. The van der Waals surface area contributed by atoms with Gasteiger partial charge in [0.1, 0.15) is 5.75 Å². The Kier molecular flexibility index (Phi) is 5.50. The third-order valence-corrected chi connectivity index (χ3v) is 4.16. The van der Waals surface area contributed by atoms with Gasteiger partial charge in [0.25, 0.3) is 0 Å². The minimum Gasteiger partial charge on any atom is -0.383 e. The van der Waals surface area contributed by atoms with Crippen molar-refractivity contribution < 1.29 is 17.9 Å². The number of methoxy groups -OCH3 is 1. The smallest absolute Gasteiger partial charge is 0.235 e. The summed E-state index contributed by atoms with van der Waals surface area (Å²) in [5.41, 5.74) is 0.970. The van der Waals surface area contributed by atoms with Crippen LogP contribution in [0.1, 0.15) is 12.5 Å². The number of aryl methyl sites for hydroxylation is 1. The second kappa shape index (κ2) is 6.68. The van der Waals surface area contributed by atoms with E-state index in [4.69, 9.17) is 4.74 Å². The van der Waals surface area contributed by atoms with Crippen LogP contribution in [-0.2, 0) is 19.4 Å². The summed E-state index contributed by atoms with van der Waals surface area (Å²) in [6, 6.07) is 6.22. The van der Waals surface area contributed by atoms with Crippen LogP contribution >= 0.6 is 0 Å². The number of nitrogens with one attached hydrogen (secondary N) is 1. The lowest BCUT2D eigenvalue weighted by atomic mass is 10.2. The SMILES string of the molecule is COCC(C)NC(=O)CS(=O)(=O)c1ccc(C)cc1. The summed E-state index contributed by atoms with van der Waals surface area (Å²) < 4.78 is 28.9. The van der Waals surface area contributed by atoms with Crippen molar-refractivity contribution >= 4 is 15.7 Å². The molecule has 0 aliphatic rings. The molecule has 106 valence electrons. The van der Waals surface area contributed by atoms with E-state index >= 15 is 0 Å². The maximum atomic E-state index is 12.0. The molecule has 0 fully saturated rings. The Hall–Kier alpha value is -1.40. The van der Waals surface area contributed by atoms with Crippen LogP contribution in [-0.4, -0.2) is 39.8 Å². The lowest BCUT2D eigenvalue weighted by Crippen LogP contribution is -2.39. The third-order valence-electron chi connectivity index (χ3n) is 2.53. The molecule has 0 bridgehead atoms. The molecule has 1 unspecified atom stereocenters. The van der Waals surface area contributed by atoms with Crippen molar-refractivity contribution in [3.8, 4) is 0 Å². The number of hydrogen-bond acceptors (Lipinski definition) is 4. The summed E-state index contributed by atoms with van der Waals surface area (Å²) >= 11 is 0. The van der Waals surface area contributed by atoms with E-state index in [1.165, 1.54) is 19.2 Å². The molecule has 0 heterocycles. The Bertz CT molecular complexity index is 522. The molecule has 5 nitrogen and oxygen atoms in total. The van der Waals surface area contributed by atoms with Crippen LogP contribution in [0, 0.1) is 6.92 Å². The summed E-state index contributed by atoms with van der Waals surface area (Å²) in [5.74, 6) is -1.07. The minimum atomic E-state index is -3.59. The van der Waals surface area contributed by atoms with Crippen molar-refractivity contribution in [2.75, 3.05) is 19.5 Å². The van der Waals surface area contributed by atoms with Crippen LogP contribution in [0.25, 0.3) is 0 Å². The fourth-order valence-electron chi connectivity index (χ4n) is 1.61. The van der Waals surface area contributed by atoms with E-state index in [1.54, 1.807) is 19.1 Å². The molecule has 0 saturated heterocycles. The van der Waals surface area contributed by atoms with Gasteiger partial charge >= 0.3 is 0 Å². The fourth-order valence-corrected chi connectivity index (χ4v) is 2.76. The Morgan fingerprint density at radius 2 is 1.89 bits per heavy atom. The molecule has 0 radical (unpaired) electrons. The molecular formula is C13H19NO4S. The molecule has 1 atom stereocenters. The van der Waals surface area contributed by atoms with E-state index in [2.05, 4.69) is 5.32 Å². The van der Waals surface area contributed by atoms with Crippen LogP contribution in [0.5, 0.6) is 0 Å². The van der Waals surface area contributed by atoms with E-state index < -0.39 is 21.5 Å². The maximum absolute atomic E-state index is 12.0. The Balaban J connectivity index is 2.69. The zero-order valence-corrected chi connectivity index (χ0v) is 12.2. The van der Waals surface area contributed by atoms with E-state index in [1.807, 2.05) is 6.92 Å². The number of hydrogen-bond donors (Lipinski definition) is 1. The molecule has 0 aliphatic carbocycles. The molecule has 1 aromatic carbocycles. The molecule has 0 aromatic heterocycles. The van der Waals surface area contributed by atoms with Crippen LogP contribution in [0.3, 0.4) is 0 Å². The summed E-state index contributed by atoms with van der Waals surface area (Å²) in [4.78, 5) is 11.8. The van der Waals surface area contributed by atoms with Crippen LogP contribution in [0.15, 0.2) is 29.2 Å². The highest BCUT2D eigenvalue weighted by Gasteiger charge is 2.20. The number of benzene rings is 1. The van der Waals surface area contributed by atoms with Gasteiger partial charge in [0.05, 0.1) is 11.5 Å². The monoisotopic (exact) mass is 285 g/mol. The van der Waals surface area contributed by atoms with E-state index in [0.717, 1.165) is 5.56 Å². The predicted molar refractivity (Wildman–Crippen MR) is 72.7 cm³/mol.